The van der Waals surface area contributed by atoms with E-state index in [9.17, 15) is 22.4 Å². The van der Waals surface area contributed by atoms with E-state index in [1.54, 1.807) is 43.4 Å². The molecule has 10 heteroatoms. The van der Waals surface area contributed by atoms with Crippen LogP contribution in [0, 0.1) is 5.82 Å². The van der Waals surface area contributed by atoms with Crippen LogP contribution in [0.2, 0.25) is 0 Å². The summed E-state index contributed by atoms with van der Waals surface area (Å²) >= 11 is 0. The Labute approximate surface area is 192 Å². The molecule has 0 atom stereocenters. The maximum absolute atomic E-state index is 14.6. The van der Waals surface area contributed by atoms with E-state index in [0.717, 1.165) is 18.2 Å². The standard InChI is InChI=1S/C24H19F4N5O/c1-33(2)21-8-5-16(24(26,27)28)11-20(21)31-22(34)17-10-14(3-6-18(17)25)13-4-7-19-15(9-13)12-30-23(29)32-19/h3-12H,1-2H3,(H,31,34)(H2,29,30,32). The van der Waals surface area contributed by atoms with Crippen LogP contribution in [-0.2, 0) is 6.18 Å². The van der Waals surface area contributed by atoms with Crippen LogP contribution in [0.15, 0.2) is 60.8 Å². The first-order chi connectivity index (χ1) is 16.0. The highest BCUT2D eigenvalue weighted by Crippen LogP contribution is 2.35. The zero-order valence-corrected chi connectivity index (χ0v) is 18.1. The Bertz CT molecular complexity index is 1400. The van der Waals surface area contributed by atoms with Gasteiger partial charge in [-0.15, -0.1) is 0 Å². The fourth-order valence-corrected chi connectivity index (χ4v) is 3.50. The van der Waals surface area contributed by atoms with E-state index < -0.39 is 23.5 Å². The fraction of sp³-hybridized carbons (Fsp3) is 0.125. The summed E-state index contributed by atoms with van der Waals surface area (Å²) < 4.78 is 54.2. The van der Waals surface area contributed by atoms with Gasteiger partial charge in [0.05, 0.1) is 28.0 Å². The van der Waals surface area contributed by atoms with Gasteiger partial charge in [0.15, 0.2) is 0 Å². The normalized spacial score (nSPS) is 11.5. The summed E-state index contributed by atoms with van der Waals surface area (Å²) in [5.74, 6) is -1.55. The topological polar surface area (TPSA) is 84.1 Å². The summed E-state index contributed by atoms with van der Waals surface area (Å²) in [7, 11) is 3.24. The molecule has 0 saturated carbocycles. The van der Waals surface area contributed by atoms with Crippen molar-refractivity contribution in [2.45, 2.75) is 6.18 Å². The third-order valence-electron chi connectivity index (χ3n) is 5.20. The number of alkyl halides is 3. The second-order valence-corrected chi connectivity index (χ2v) is 7.77. The summed E-state index contributed by atoms with van der Waals surface area (Å²) in [6.07, 6.45) is -3.05. The van der Waals surface area contributed by atoms with E-state index in [4.69, 9.17) is 5.73 Å². The van der Waals surface area contributed by atoms with E-state index in [1.807, 2.05) is 0 Å². The first kappa shape index (κ1) is 23.0. The van der Waals surface area contributed by atoms with Gasteiger partial charge in [0, 0.05) is 25.7 Å². The van der Waals surface area contributed by atoms with E-state index in [-0.39, 0.29) is 17.2 Å². The van der Waals surface area contributed by atoms with E-state index >= 15 is 0 Å². The predicted molar refractivity (Wildman–Crippen MR) is 123 cm³/mol. The number of amides is 1. The first-order valence-electron chi connectivity index (χ1n) is 10.0. The average Bonchev–Trinajstić information content (AvgIpc) is 2.78. The number of hydrogen-bond acceptors (Lipinski definition) is 5. The lowest BCUT2D eigenvalue weighted by Crippen LogP contribution is -2.19. The highest BCUT2D eigenvalue weighted by molar-refractivity contribution is 6.07. The van der Waals surface area contributed by atoms with Gasteiger partial charge >= 0.3 is 6.18 Å². The molecule has 0 aliphatic rings. The Morgan fingerprint density at radius 3 is 2.41 bits per heavy atom. The van der Waals surface area contributed by atoms with Crippen molar-refractivity contribution >= 4 is 34.1 Å². The number of aromatic nitrogens is 2. The minimum absolute atomic E-state index is 0.0879. The third kappa shape index (κ3) is 4.61. The van der Waals surface area contributed by atoms with Gasteiger partial charge < -0.3 is 16.0 Å². The fourth-order valence-electron chi connectivity index (χ4n) is 3.50. The van der Waals surface area contributed by atoms with Crippen LogP contribution in [0.4, 0.5) is 34.9 Å². The van der Waals surface area contributed by atoms with Crippen molar-refractivity contribution in [1.82, 2.24) is 9.97 Å². The lowest BCUT2D eigenvalue weighted by Gasteiger charge is -2.20. The second kappa shape index (κ2) is 8.62. The van der Waals surface area contributed by atoms with Gasteiger partial charge in [0.25, 0.3) is 5.91 Å². The molecule has 0 fully saturated rings. The van der Waals surface area contributed by atoms with Crippen LogP contribution >= 0.6 is 0 Å². The molecule has 4 aromatic rings. The Morgan fingerprint density at radius 1 is 1.00 bits per heavy atom. The number of nitrogens with zero attached hydrogens (tertiary/aromatic N) is 3. The Kier molecular flexibility index (Phi) is 5.82. The van der Waals surface area contributed by atoms with Crippen molar-refractivity contribution in [2.75, 3.05) is 30.0 Å². The number of carbonyl (C=O) groups excluding carboxylic acids is 1. The zero-order valence-electron chi connectivity index (χ0n) is 18.1. The third-order valence-corrected chi connectivity index (χ3v) is 5.20. The van der Waals surface area contributed by atoms with Gasteiger partial charge in [-0.3, -0.25) is 4.79 Å². The molecule has 0 saturated heterocycles. The molecule has 0 aliphatic heterocycles. The van der Waals surface area contributed by atoms with Gasteiger partial charge in [-0.1, -0.05) is 12.1 Å². The lowest BCUT2D eigenvalue weighted by atomic mass is 10.0. The number of benzene rings is 3. The molecule has 3 aromatic carbocycles. The molecule has 0 spiro atoms. The van der Waals surface area contributed by atoms with Gasteiger partial charge in [-0.2, -0.15) is 13.2 Å². The molecule has 1 aromatic heterocycles. The summed E-state index contributed by atoms with van der Waals surface area (Å²) in [4.78, 5) is 22.5. The molecule has 4 rings (SSSR count). The number of nitrogens with one attached hydrogen (secondary N) is 1. The molecule has 0 radical (unpaired) electrons. The molecule has 1 heterocycles. The molecule has 0 unspecified atom stereocenters. The van der Waals surface area contributed by atoms with Crippen LogP contribution in [0.5, 0.6) is 0 Å². The molecule has 34 heavy (non-hydrogen) atoms. The number of anilines is 3. The van der Waals surface area contributed by atoms with Crippen molar-refractivity contribution in [3.05, 3.63) is 77.7 Å². The van der Waals surface area contributed by atoms with Gasteiger partial charge in [-0.05, 0) is 53.6 Å². The minimum Gasteiger partial charge on any atom is -0.376 e. The number of nitrogens with two attached hydrogens (primary N) is 1. The number of fused-ring (bicyclic) bond motifs is 1. The lowest BCUT2D eigenvalue weighted by molar-refractivity contribution is -0.137. The average molecular weight is 469 g/mol. The smallest absolute Gasteiger partial charge is 0.376 e. The van der Waals surface area contributed by atoms with Crippen LogP contribution in [0.25, 0.3) is 22.0 Å². The number of carbonyl (C=O) groups is 1. The van der Waals surface area contributed by atoms with Crippen molar-refractivity contribution in [1.29, 1.82) is 0 Å². The van der Waals surface area contributed by atoms with Crippen molar-refractivity contribution in [3.63, 3.8) is 0 Å². The maximum atomic E-state index is 14.6. The number of nitrogen functional groups attached to an aromatic ring is 1. The van der Waals surface area contributed by atoms with Crippen LogP contribution < -0.4 is 16.0 Å². The summed E-state index contributed by atoms with van der Waals surface area (Å²) in [6.45, 7) is 0. The number of rotatable bonds is 4. The Hall–Kier alpha value is -4.21. The molecule has 6 nitrogen and oxygen atoms in total. The molecule has 0 bridgehead atoms. The highest BCUT2D eigenvalue weighted by Gasteiger charge is 2.31. The molecule has 0 aliphatic carbocycles. The van der Waals surface area contributed by atoms with Crippen LogP contribution in [-0.4, -0.2) is 30.0 Å². The van der Waals surface area contributed by atoms with Gasteiger partial charge in [0.2, 0.25) is 5.95 Å². The number of halogens is 4. The molecule has 1 amide bonds. The van der Waals surface area contributed by atoms with Gasteiger partial charge in [0.1, 0.15) is 5.82 Å². The molecule has 3 N–H and O–H groups in total. The largest absolute Gasteiger partial charge is 0.416 e. The quantitative estimate of drug-likeness (QED) is 0.394. The van der Waals surface area contributed by atoms with Crippen LogP contribution in [0.1, 0.15) is 15.9 Å². The van der Waals surface area contributed by atoms with E-state index in [2.05, 4.69) is 15.3 Å². The Balaban J connectivity index is 1.70. The minimum atomic E-state index is -4.60. The summed E-state index contributed by atoms with van der Waals surface area (Å²) in [5.41, 5.74) is 6.43. The van der Waals surface area contributed by atoms with Crippen LogP contribution in [0.3, 0.4) is 0 Å². The number of hydrogen-bond donors (Lipinski definition) is 2. The first-order valence-corrected chi connectivity index (χ1v) is 10.0. The monoisotopic (exact) mass is 469 g/mol. The predicted octanol–water partition coefficient (Wildman–Crippen LogP) is 5.36. The van der Waals surface area contributed by atoms with Crippen molar-refractivity contribution < 1.29 is 22.4 Å². The van der Waals surface area contributed by atoms with E-state index in [0.29, 0.717) is 27.7 Å². The molecule has 174 valence electrons. The SMILES string of the molecule is CN(C)c1ccc(C(F)(F)F)cc1NC(=O)c1cc(-c2ccc3nc(N)ncc3c2)ccc1F. The zero-order chi connectivity index (χ0) is 24.6. The van der Waals surface area contributed by atoms with Crippen molar-refractivity contribution in [3.8, 4) is 11.1 Å². The van der Waals surface area contributed by atoms with Gasteiger partial charge in [-0.25, -0.2) is 14.4 Å². The summed E-state index contributed by atoms with van der Waals surface area (Å²) in [6, 6.07) is 12.2. The molecular weight excluding hydrogens is 450 g/mol. The summed E-state index contributed by atoms with van der Waals surface area (Å²) in [5, 5.41) is 3.12. The highest BCUT2D eigenvalue weighted by atomic mass is 19.4. The second-order valence-electron chi connectivity index (χ2n) is 7.77. The molecular formula is C24H19F4N5O. The Morgan fingerprint density at radius 2 is 1.71 bits per heavy atom. The van der Waals surface area contributed by atoms with Crippen molar-refractivity contribution in [2.24, 2.45) is 0 Å². The maximum Gasteiger partial charge on any atom is 0.416 e. The van der Waals surface area contributed by atoms with E-state index in [1.165, 1.54) is 18.2 Å².